The van der Waals surface area contributed by atoms with E-state index in [0.29, 0.717) is 29.2 Å². The van der Waals surface area contributed by atoms with E-state index in [1.54, 1.807) is 12.1 Å². The first-order valence-electron chi connectivity index (χ1n) is 9.51. The van der Waals surface area contributed by atoms with E-state index in [-0.39, 0.29) is 17.4 Å². The average molecular weight is 412 g/mol. The molecule has 2 aliphatic rings. The number of hydrogen-bond acceptors (Lipinski definition) is 3. The minimum atomic E-state index is -3.56. The van der Waals surface area contributed by atoms with Crippen LogP contribution in [0.15, 0.2) is 41.3 Å². The zero-order chi connectivity index (χ0) is 19.4. The predicted molar refractivity (Wildman–Crippen MR) is 105 cm³/mol. The Morgan fingerprint density at radius 3 is 2.59 bits per heavy atom. The van der Waals surface area contributed by atoms with Crippen molar-refractivity contribution in [1.29, 1.82) is 0 Å². The van der Waals surface area contributed by atoms with E-state index in [1.807, 2.05) is 6.08 Å². The molecule has 0 heterocycles. The van der Waals surface area contributed by atoms with Gasteiger partial charge in [0.1, 0.15) is 0 Å². The maximum absolute atomic E-state index is 12.8. The van der Waals surface area contributed by atoms with Crippen molar-refractivity contribution in [3.8, 4) is 0 Å². The van der Waals surface area contributed by atoms with Crippen LogP contribution in [0, 0.1) is 17.8 Å². The van der Waals surface area contributed by atoms with E-state index in [2.05, 4.69) is 10.8 Å². The fourth-order valence-corrected chi connectivity index (χ4v) is 6.02. The number of carboxylic acid groups (broad SMARTS) is 1. The minimum absolute atomic E-state index is 0.0342. The Labute approximate surface area is 165 Å². The van der Waals surface area contributed by atoms with Crippen molar-refractivity contribution < 1.29 is 18.3 Å². The second-order valence-electron chi connectivity index (χ2n) is 7.59. The minimum Gasteiger partial charge on any atom is -0.481 e. The lowest BCUT2D eigenvalue weighted by molar-refractivity contribution is -0.137. The largest absolute Gasteiger partial charge is 0.481 e. The van der Waals surface area contributed by atoms with Crippen LogP contribution in [0.5, 0.6) is 0 Å². The Balaban J connectivity index is 1.62. The summed E-state index contributed by atoms with van der Waals surface area (Å²) in [6, 6.07) is 6.22. The Bertz CT molecular complexity index is 791. The number of unbranched alkanes of at least 4 members (excludes halogenated alkanes) is 1. The van der Waals surface area contributed by atoms with Gasteiger partial charge in [0, 0.05) is 17.5 Å². The quantitative estimate of drug-likeness (QED) is 0.470. The lowest BCUT2D eigenvalue weighted by atomic mass is 9.83. The molecule has 4 unspecified atom stereocenters. The van der Waals surface area contributed by atoms with Gasteiger partial charge in [0.15, 0.2) is 0 Å². The molecule has 5 nitrogen and oxygen atoms in total. The number of aliphatic carboxylic acids is 1. The second-order valence-corrected chi connectivity index (χ2v) is 9.74. The van der Waals surface area contributed by atoms with Gasteiger partial charge in [0.05, 0.1) is 4.90 Å². The van der Waals surface area contributed by atoms with E-state index >= 15 is 0 Å². The van der Waals surface area contributed by atoms with Gasteiger partial charge in [-0.3, -0.25) is 4.79 Å². The highest BCUT2D eigenvalue weighted by Gasteiger charge is 2.48. The third kappa shape index (κ3) is 5.12. The molecule has 148 valence electrons. The van der Waals surface area contributed by atoms with Crippen molar-refractivity contribution >= 4 is 27.6 Å². The average Bonchev–Trinajstić information content (AvgIpc) is 3.20. The molecule has 2 aliphatic carbocycles. The molecule has 0 saturated heterocycles. The monoisotopic (exact) mass is 411 g/mol. The van der Waals surface area contributed by atoms with Crippen LogP contribution < -0.4 is 4.72 Å². The lowest BCUT2D eigenvalue weighted by Gasteiger charge is -2.31. The Hall–Kier alpha value is -1.37. The molecule has 0 radical (unpaired) electrons. The molecule has 3 rings (SSSR count). The first-order chi connectivity index (χ1) is 12.9. The van der Waals surface area contributed by atoms with E-state index < -0.39 is 16.0 Å². The topological polar surface area (TPSA) is 83.5 Å². The summed E-state index contributed by atoms with van der Waals surface area (Å²) in [6.45, 7) is 0. The van der Waals surface area contributed by atoms with Crippen molar-refractivity contribution in [2.75, 3.05) is 0 Å². The van der Waals surface area contributed by atoms with Crippen LogP contribution in [0.2, 0.25) is 5.02 Å². The molecule has 2 bridgehead atoms. The zero-order valence-electron chi connectivity index (χ0n) is 15.2. The summed E-state index contributed by atoms with van der Waals surface area (Å²) < 4.78 is 28.5. The summed E-state index contributed by atoms with van der Waals surface area (Å²) in [6.07, 6.45) is 9.86. The van der Waals surface area contributed by atoms with Gasteiger partial charge in [0.2, 0.25) is 10.0 Å². The molecule has 2 saturated carbocycles. The number of benzene rings is 1. The molecule has 1 aromatic carbocycles. The molecule has 1 aromatic rings. The fraction of sp³-hybridized carbons (Fsp3) is 0.550. The number of nitrogens with one attached hydrogen (secondary N) is 1. The number of hydrogen-bond donors (Lipinski definition) is 2. The fourth-order valence-electron chi connectivity index (χ4n) is 4.54. The third-order valence-electron chi connectivity index (χ3n) is 5.84. The smallest absolute Gasteiger partial charge is 0.303 e. The second kappa shape index (κ2) is 8.76. The van der Waals surface area contributed by atoms with Crippen molar-refractivity contribution in [1.82, 2.24) is 4.72 Å². The Morgan fingerprint density at radius 1 is 1.19 bits per heavy atom. The predicted octanol–water partition coefficient (Wildman–Crippen LogP) is 4.23. The van der Waals surface area contributed by atoms with Crippen LogP contribution in [-0.4, -0.2) is 25.5 Å². The summed E-state index contributed by atoms with van der Waals surface area (Å²) in [5.74, 6) is 0.508. The molecule has 27 heavy (non-hydrogen) atoms. The normalized spacial score (nSPS) is 27.4. The third-order valence-corrected chi connectivity index (χ3v) is 7.57. The molecule has 0 amide bonds. The molecular weight excluding hydrogens is 386 g/mol. The summed E-state index contributed by atoms with van der Waals surface area (Å²) in [7, 11) is -3.56. The first kappa shape index (κ1) is 20.4. The SMILES string of the molecule is O=C(O)CCCC=CCC1C2CCC(C2)C1NS(=O)(=O)c1ccc(Cl)cc1. The number of carboxylic acids is 1. The molecule has 0 spiro atoms. The van der Waals surface area contributed by atoms with Crippen LogP contribution in [0.4, 0.5) is 0 Å². The van der Waals surface area contributed by atoms with Gasteiger partial charge in [-0.1, -0.05) is 23.8 Å². The Morgan fingerprint density at radius 2 is 1.89 bits per heavy atom. The molecule has 4 atom stereocenters. The van der Waals surface area contributed by atoms with Crippen molar-refractivity contribution in [2.24, 2.45) is 17.8 Å². The number of sulfonamides is 1. The van der Waals surface area contributed by atoms with Gasteiger partial charge in [0.25, 0.3) is 0 Å². The summed E-state index contributed by atoms with van der Waals surface area (Å²) in [5, 5.41) is 9.18. The number of carbonyl (C=O) groups is 1. The van der Waals surface area contributed by atoms with Gasteiger partial charge >= 0.3 is 5.97 Å². The van der Waals surface area contributed by atoms with Crippen LogP contribution in [0.1, 0.15) is 44.9 Å². The van der Waals surface area contributed by atoms with Crippen LogP contribution >= 0.6 is 11.6 Å². The molecule has 0 aliphatic heterocycles. The highest BCUT2D eigenvalue weighted by atomic mass is 35.5. The van der Waals surface area contributed by atoms with Crippen LogP contribution in [-0.2, 0) is 14.8 Å². The molecule has 2 fully saturated rings. The van der Waals surface area contributed by atoms with E-state index in [4.69, 9.17) is 16.7 Å². The number of allylic oxidation sites excluding steroid dienone is 2. The molecule has 0 aromatic heterocycles. The van der Waals surface area contributed by atoms with Gasteiger partial charge < -0.3 is 5.11 Å². The summed E-state index contributed by atoms with van der Waals surface area (Å²) in [4.78, 5) is 10.8. The lowest BCUT2D eigenvalue weighted by Crippen LogP contribution is -2.43. The van der Waals surface area contributed by atoms with Crippen molar-refractivity contribution in [3.63, 3.8) is 0 Å². The molecule has 7 heteroatoms. The molecular formula is C20H26ClNO4S. The van der Waals surface area contributed by atoms with Crippen LogP contribution in [0.3, 0.4) is 0 Å². The number of halogens is 1. The van der Waals surface area contributed by atoms with E-state index in [9.17, 15) is 13.2 Å². The molecule has 2 N–H and O–H groups in total. The maximum atomic E-state index is 12.8. The Kier molecular flexibility index (Phi) is 6.61. The van der Waals surface area contributed by atoms with Gasteiger partial charge in [-0.25, -0.2) is 13.1 Å². The van der Waals surface area contributed by atoms with E-state index in [0.717, 1.165) is 25.7 Å². The maximum Gasteiger partial charge on any atom is 0.303 e. The van der Waals surface area contributed by atoms with Crippen molar-refractivity contribution in [3.05, 3.63) is 41.4 Å². The van der Waals surface area contributed by atoms with Gasteiger partial charge in [-0.15, -0.1) is 0 Å². The van der Waals surface area contributed by atoms with Crippen LogP contribution in [0.25, 0.3) is 0 Å². The highest BCUT2D eigenvalue weighted by Crippen LogP contribution is 2.50. The van der Waals surface area contributed by atoms with Crippen molar-refractivity contribution in [2.45, 2.75) is 55.9 Å². The highest BCUT2D eigenvalue weighted by molar-refractivity contribution is 7.89. The summed E-state index contributed by atoms with van der Waals surface area (Å²) in [5.41, 5.74) is 0. The summed E-state index contributed by atoms with van der Waals surface area (Å²) >= 11 is 5.86. The zero-order valence-corrected chi connectivity index (χ0v) is 16.8. The number of rotatable bonds is 9. The first-order valence-corrected chi connectivity index (χ1v) is 11.4. The standard InChI is InChI=1S/C20H26ClNO4S/c21-16-9-11-17(12-10-16)27(25,26)22-20-15-8-7-14(13-15)18(20)5-3-1-2-4-6-19(23)24/h1,3,9-12,14-15,18,20,22H,2,4-8,13H2,(H,23,24). The van der Waals surface area contributed by atoms with E-state index in [1.165, 1.54) is 18.6 Å². The van der Waals surface area contributed by atoms with Gasteiger partial charge in [-0.2, -0.15) is 0 Å². The number of fused-ring (bicyclic) bond motifs is 2. The van der Waals surface area contributed by atoms with Gasteiger partial charge in [-0.05, 0) is 80.5 Å².